The van der Waals surface area contributed by atoms with Gasteiger partial charge in [-0.25, -0.2) is 0 Å². The Morgan fingerprint density at radius 2 is 1.55 bits per heavy atom. The van der Waals surface area contributed by atoms with E-state index in [2.05, 4.69) is 11.4 Å². The summed E-state index contributed by atoms with van der Waals surface area (Å²) in [6.07, 6.45) is 0.230. The molecule has 174 valence electrons. The van der Waals surface area contributed by atoms with Crippen molar-refractivity contribution in [1.82, 2.24) is 10.2 Å². The van der Waals surface area contributed by atoms with E-state index in [0.29, 0.717) is 18.5 Å². The van der Waals surface area contributed by atoms with Gasteiger partial charge in [0.1, 0.15) is 11.5 Å². The van der Waals surface area contributed by atoms with Gasteiger partial charge in [-0.3, -0.25) is 4.79 Å². The Kier molecular flexibility index (Phi) is 8.46. The average Bonchev–Trinajstić information content (AvgIpc) is 2.77. The summed E-state index contributed by atoms with van der Waals surface area (Å²) in [5, 5.41) is 32.8. The van der Waals surface area contributed by atoms with Crippen molar-refractivity contribution in [2.24, 2.45) is 0 Å². The monoisotopic (exact) mass is 448 g/mol. The lowest BCUT2D eigenvalue weighted by atomic mass is 10.0. The summed E-state index contributed by atoms with van der Waals surface area (Å²) in [6.45, 7) is 2.89. The molecule has 6 heteroatoms. The molecule has 0 heterocycles. The van der Waals surface area contributed by atoms with Crippen LogP contribution in [0.2, 0.25) is 0 Å². The minimum atomic E-state index is -0.852. The number of nitrogens with one attached hydrogen (secondary N) is 1. The fourth-order valence-electron chi connectivity index (χ4n) is 3.79. The number of nitrogens with zero attached hydrogens (tertiary/aromatic N) is 1. The number of hydrogen-bond acceptors (Lipinski definition) is 5. The number of benzene rings is 3. The van der Waals surface area contributed by atoms with Gasteiger partial charge in [-0.05, 0) is 47.7 Å². The van der Waals surface area contributed by atoms with E-state index in [1.165, 1.54) is 18.2 Å². The summed E-state index contributed by atoms with van der Waals surface area (Å²) >= 11 is 0. The van der Waals surface area contributed by atoms with Crippen molar-refractivity contribution in [3.05, 3.63) is 95.1 Å². The van der Waals surface area contributed by atoms with Crippen molar-refractivity contribution >= 4 is 5.91 Å². The Morgan fingerprint density at radius 3 is 2.24 bits per heavy atom. The highest BCUT2D eigenvalue weighted by Crippen LogP contribution is 2.24. The van der Waals surface area contributed by atoms with E-state index in [0.717, 1.165) is 23.1 Å². The molecule has 1 amide bonds. The molecule has 0 aliphatic carbocycles. The van der Waals surface area contributed by atoms with Gasteiger partial charge >= 0.3 is 0 Å². The highest BCUT2D eigenvalue weighted by atomic mass is 16.3. The van der Waals surface area contributed by atoms with Crippen LogP contribution >= 0.6 is 0 Å². The van der Waals surface area contributed by atoms with Crippen molar-refractivity contribution in [1.29, 1.82) is 0 Å². The molecule has 6 nitrogen and oxygen atoms in total. The van der Waals surface area contributed by atoms with Gasteiger partial charge in [0.05, 0.1) is 12.5 Å². The SMILES string of the molecule is CC(Cc1cccc(CC(=O)N(C)Cc2ccccc2)c1)NCC(O)c1cc(O)cc(O)c1. The summed E-state index contributed by atoms with van der Waals surface area (Å²) in [4.78, 5) is 14.4. The Morgan fingerprint density at radius 1 is 0.909 bits per heavy atom. The quantitative estimate of drug-likeness (QED) is 0.381. The first-order chi connectivity index (χ1) is 15.8. The number of phenols is 2. The minimum absolute atomic E-state index is 0.0691. The number of carbonyl (C=O) groups excluding carboxylic acids is 1. The third kappa shape index (κ3) is 7.63. The molecule has 0 aliphatic heterocycles. The van der Waals surface area contributed by atoms with Gasteiger partial charge in [-0.1, -0.05) is 54.6 Å². The van der Waals surface area contributed by atoms with Crippen LogP contribution in [0.4, 0.5) is 0 Å². The van der Waals surface area contributed by atoms with E-state index in [4.69, 9.17) is 0 Å². The Hall–Kier alpha value is -3.35. The Labute approximate surface area is 195 Å². The molecule has 0 spiro atoms. The lowest BCUT2D eigenvalue weighted by molar-refractivity contribution is -0.129. The van der Waals surface area contributed by atoms with Crippen molar-refractivity contribution in [2.45, 2.75) is 38.5 Å². The molecule has 2 unspecified atom stereocenters. The smallest absolute Gasteiger partial charge is 0.227 e. The maximum atomic E-state index is 12.7. The molecule has 33 heavy (non-hydrogen) atoms. The number of amides is 1. The largest absolute Gasteiger partial charge is 0.508 e. The number of carbonyl (C=O) groups is 1. The van der Waals surface area contributed by atoms with Crippen LogP contribution in [-0.4, -0.2) is 45.8 Å². The van der Waals surface area contributed by atoms with Gasteiger partial charge in [0.2, 0.25) is 5.91 Å². The lowest BCUT2D eigenvalue weighted by Gasteiger charge is -2.19. The zero-order valence-corrected chi connectivity index (χ0v) is 19.1. The third-order valence-corrected chi connectivity index (χ3v) is 5.55. The van der Waals surface area contributed by atoms with E-state index >= 15 is 0 Å². The molecule has 4 N–H and O–H groups in total. The molecule has 0 aromatic heterocycles. The predicted octanol–water partition coefficient (Wildman–Crippen LogP) is 3.55. The van der Waals surface area contributed by atoms with E-state index in [-0.39, 0.29) is 30.0 Å². The van der Waals surface area contributed by atoms with Gasteiger partial charge in [0, 0.05) is 32.2 Å². The second-order valence-electron chi connectivity index (χ2n) is 8.54. The molecule has 0 aliphatic rings. The van der Waals surface area contributed by atoms with E-state index in [9.17, 15) is 20.1 Å². The molecule has 2 atom stereocenters. The van der Waals surface area contributed by atoms with E-state index in [1.54, 1.807) is 4.90 Å². The lowest BCUT2D eigenvalue weighted by Crippen LogP contribution is -2.32. The molecule has 0 fully saturated rings. The van der Waals surface area contributed by atoms with Gasteiger partial charge in [-0.15, -0.1) is 0 Å². The third-order valence-electron chi connectivity index (χ3n) is 5.55. The fourth-order valence-corrected chi connectivity index (χ4v) is 3.79. The number of likely N-dealkylation sites (N-methyl/N-ethyl adjacent to an activating group) is 1. The predicted molar refractivity (Wildman–Crippen MR) is 129 cm³/mol. The maximum absolute atomic E-state index is 12.7. The summed E-state index contributed by atoms with van der Waals surface area (Å²) < 4.78 is 0. The fraction of sp³-hybridized carbons (Fsp3) is 0.296. The molecule has 0 bridgehead atoms. The first kappa shape index (κ1) is 24.3. The zero-order valence-electron chi connectivity index (χ0n) is 19.1. The van der Waals surface area contributed by atoms with Gasteiger partial charge < -0.3 is 25.5 Å². The van der Waals surface area contributed by atoms with E-state index in [1.807, 2.05) is 62.5 Å². The Balaban J connectivity index is 1.51. The molecular weight excluding hydrogens is 416 g/mol. The highest BCUT2D eigenvalue weighted by Gasteiger charge is 2.14. The zero-order chi connectivity index (χ0) is 23.8. The van der Waals surface area contributed by atoms with Crippen LogP contribution in [0.3, 0.4) is 0 Å². The molecule has 0 saturated heterocycles. The number of phenolic OH excluding ortho intramolecular Hbond substituents is 2. The van der Waals surface area contributed by atoms with Crippen LogP contribution in [0.5, 0.6) is 11.5 Å². The second kappa shape index (κ2) is 11.5. The summed E-state index contributed by atoms with van der Waals surface area (Å²) in [5.41, 5.74) is 3.63. The topological polar surface area (TPSA) is 93.0 Å². The number of aromatic hydroxyl groups is 2. The number of hydrogen-bond donors (Lipinski definition) is 4. The highest BCUT2D eigenvalue weighted by molar-refractivity contribution is 5.78. The number of aliphatic hydroxyl groups excluding tert-OH is 1. The van der Waals surface area contributed by atoms with Gasteiger partial charge in [0.25, 0.3) is 0 Å². The van der Waals surface area contributed by atoms with Crippen molar-refractivity contribution in [2.75, 3.05) is 13.6 Å². The van der Waals surface area contributed by atoms with Gasteiger partial charge in [0.15, 0.2) is 0 Å². The summed E-state index contributed by atoms with van der Waals surface area (Å²) in [5.74, 6) is -0.101. The van der Waals surface area contributed by atoms with Crippen molar-refractivity contribution < 1.29 is 20.1 Å². The van der Waals surface area contributed by atoms with Crippen LogP contribution in [0.15, 0.2) is 72.8 Å². The summed E-state index contributed by atoms with van der Waals surface area (Å²) in [6, 6.07) is 22.1. The summed E-state index contributed by atoms with van der Waals surface area (Å²) in [7, 11) is 1.82. The number of aliphatic hydroxyl groups is 1. The molecule has 0 saturated carbocycles. The minimum Gasteiger partial charge on any atom is -0.508 e. The molecular formula is C27H32N2O4. The molecule has 3 aromatic carbocycles. The normalized spacial score (nSPS) is 12.8. The first-order valence-electron chi connectivity index (χ1n) is 11.1. The Bertz CT molecular complexity index is 1030. The molecule has 3 aromatic rings. The van der Waals surface area contributed by atoms with Crippen LogP contribution < -0.4 is 5.32 Å². The second-order valence-corrected chi connectivity index (χ2v) is 8.54. The maximum Gasteiger partial charge on any atom is 0.227 e. The number of rotatable bonds is 10. The van der Waals surface area contributed by atoms with Crippen LogP contribution in [0.1, 0.15) is 35.3 Å². The standard InChI is InChI=1S/C27H32N2O4/c1-19(28-17-26(32)23-14-24(30)16-25(31)15-23)11-21-9-6-10-22(12-21)13-27(33)29(2)18-20-7-4-3-5-8-20/h3-10,12,14-16,19,26,28,30-32H,11,13,17-18H2,1-2H3. The average molecular weight is 449 g/mol. The van der Waals surface area contributed by atoms with Crippen LogP contribution in [0, 0.1) is 0 Å². The van der Waals surface area contributed by atoms with Crippen molar-refractivity contribution in [3.63, 3.8) is 0 Å². The van der Waals surface area contributed by atoms with E-state index < -0.39 is 6.10 Å². The van der Waals surface area contributed by atoms with Gasteiger partial charge in [-0.2, -0.15) is 0 Å². The molecule has 3 rings (SSSR count). The van der Waals surface area contributed by atoms with Crippen LogP contribution in [-0.2, 0) is 24.2 Å². The van der Waals surface area contributed by atoms with Crippen LogP contribution in [0.25, 0.3) is 0 Å². The first-order valence-corrected chi connectivity index (χ1v) is 11.1. The molecule has 0 radical (unpaired) electrons. The van der Waals surface area contributed by atoms with Crippen molar-refractivity contribution in [3.8, 4) is 11.5 Å².